The van der Waals surface area contributed by atoms with E-state index in [1.165, 1.54) is 0 Å². The van der Waals surface area contributed by atoms with Gasteiger partial charge in [-0.15, -0.1) is 0 Å². The number of carbonyl (C=O) groups is 2. The highest BCUT2D eigenvalue weighted by atomic mass is 16.2. The van der Waals surface area contributed by atoms with Gasteiger partial charge < -0.3 is 10.3 Å². The van der Waals surface area contributed by atoms with Gasteiger partial charge in [0.05, 0.1) is 0 Å². The first-order chi connectivity index (χ1) is 8.65. The summed E-state index contributed by atoms with van der Waals surface area (Å²) in [4.78, 5) is 27.0. The molecule has 2 N–H and O–H groups in total. The average Bonchev–Trinajstić information content (AvgIpc) is 2.68. The minimum atomic E-state index is -0.0943. The normalized spacial score (nSPS) is 14.4. The molecule has 1 aromatic rings. The predicted molar refractivity (Wildman–Crippen MR) is 70.0 cm³/mol. The van der Waals surface area contributed by atoms with Crippen LogP contribution < -0.4 is 5.32 Å². The molecule has 0 fully saturated rings. The monoisotopic (exact) mass is 248 g/mol. The highest BCUT2D eigenvalue weighted by Crippen LogP contribution is 2.26. The Kier molecular flexibility index (Phi) is 3.84. The van der Waals surface area contributed by atoms with Gasteiger partial charge in [0.15, 0.2) is 5.78 Å². The second-order valence-corrected chi connectivity index (χ2v) is 4.86. The number of amides is 1. The molecule has 4 heteroatoms. The number of nitrogens with one attached hydrogen (secondary N) is 2. The third kappa shape index (κ3) is 2.33. The molecule has 0 aromatic carbocycles. The van der Waals surface area contributed by atoms with Gasteiger partial charge in [-0.3, -0.25) is 9.59 Å². The minimum absolute atomic E-state index is 0.0943. The molecule has 0 bridgehead atoms. The number of hydrogen-bond donors (Lipinski definition) is 2. The van der Waals surface area contributed by atoms with Crippen LogP contribution in [0.5, 0.6) is 0 Å². The van der Waals surface area contributed by atoms with Crippen molar-refractivity contribution in [1.82, 2.24) is 10.3 Å². The van der Waals surface area contributed by atoms with Crippen molar-refractivity contribution in [3.05, 3.63) is 22.5 Å². The number of aryl methyl sites for hydroxylation is 1. The number of ketones is 1. The van der Waals surface area contributed by atoms with E-state index in [9.17, 15) is 9.59 Å². The Labute approximate surface area is 107 Å². The molecule has 98 valence electrons. The molecule has 0 unspecified atom stereocenters. The van der Waals surface area contributed by atoms with E-state index in [1.54, 1.807) is 0 Å². The van der Waals surface area contributed by atoms with Crippen LogP contribution in [0.4, 0.5) is 0 Å². The van der Waals surface area contributed by atoms with Crippen molar-refractivity contribution in [2.24, 2.45) is 0 Å². The maximum absolute atomic E-state index is 12.0. The van der Waals surface area contributed by atoms with E-state index < -0.39 is 0 Å². The van der Waals surface area contributed by atoms with E-state index in [-0.39, 0.29) is 11.7 Å². The first-order valence-corrected chi connectivity index (χ1v) is 6.68. The fraction of sp³-hybridized carbons (Fsp3) is 0.571. The fourth-order valence-electron chi connectivity index (χ4n) is 2.47. The topological polar surface area (TPSA) is 62.0 Å². The molecule has 0 saturated heterocycles. The van der Waals surface area contributed by atoms with Crippen molar-refractivity contribution in [2.75, 3.05) is 6.54 Å². The molecule has 1 aromatic heterocycles. The summed E-state index contributed by atoms with van der Waals surface area (Å²) in [6.45, 7) is 4.63. The van der Waals surface area contributed by atoms with Crippen LogP contribution >= 0.6 is 0 Å². The number of H-pyrrole nitrogens is 1. The molecule has 0 aliphatic heterocycles. The summed E-state index contributed by atoms with van der Waals surface area (Å²) in [6.07, 6.45) is 4.37. The third-order valence-corrected chi connectivity index (χ3v) is 3.48. The summed E-state index contributed by atoms with van der Waals surface area (Å²) in [5, 5.41) is 2.88. The number of aromatic amines is 1. The van der Waals surface area contributed by atoms with E-state index in [4.69, 9.17) is 0 Å². The van der Waals surface area contributed by atoms with Gasteiger partial charge in [0, 0.05) is 24.2 Å². The molecule has 1 aliphatic carbocycles. The zero-order valence-corrected chi connectivity index (χ0v) is 11.1. The van der Waals surface area contributed by atoms with Crippen molar-refractivity contribution in [3.63, 3.8) is 0 Å². The summed E-state index contributed by atoms with van der Waals surface area (Å²) >= 11 is 0. The largest absolute Gasteiger partial charge is 0.354 e. The molecule has 0 radical (unpaired) electrons. The summed E-state index contributed by atoms with van der Waals surface area (Å²) in [7, 11) is 0. The van der Waals surface area contributed by atoms with Gasteiger partial charge in [-0.05, 0) is 31.7 Å². The first kappa shape index (κ1) is 12.9. The molecular weight excluding hydrogens is 228 g/mol. The quantitative estimate of drug-likeness (QED) is 0.803. The molecule has 18 heavy (non-hydrogen) atoms. The van der Waals surface area contributed by atoms with E-state index in [2.05, 4.69) is 17.2 Å². The van der Waals surface area contributed by atoms with Crippen LogP contribution in [-0.4, -0.2) is 23.2 Å². The van der Waals surface area contributed by atoms with Crippen molar-refractivity contribution in [3.8, 4) is 0 Å². The zero-order chi connectivity index (χ0) is 13.1. The molecule has 0 atom stereocenters. The number of unbranched alkanes of at least 4 members (excludes halogenated alkanes) is 1. The zero-order valence-electron chi connectivity index (χ0n) is 11.1. The Bertz CT molecular complexity index is 474. The van der Waals surface area contributed by atoms with Crippen molar-refractivity contribution in [1.29, 1.82) is 0 Å². The number of rotatable bonds is 4. The number of aromatic nitrogens is 1. The number of Topliss-reactive ketones (excluding diaryl/α,β-unsaturated/α-hetero) is 1. The van der Waals surface area contributed by atoms with Crippen LogP contribution in [0.2, 0.25) is 0 Å². The van der Waals surface area contributed by atoms with Crippen molar-refractivity contribution < 1.29 is 9.59 Å². The average molecular weight is 248 g/mol. The van der Waals surface area contributed by atoms with Crippen LogP contribution in [0.1, 0.15) is 64.7 Å². The SMILES string of the molecule is CCCCNC(=O)c1[nH]c2c(c1C)C(=O)CCC2. The van der Waals surface area contributed by atoms with Crippen LogP contribution in [0, 0.1) is 6.92 Å². The second kappa shape index (κ2) is 5.38. The van der Waals surface area contributed by atoms with Gasteiger partial charge in [0.2, 0.25) is 0 Å². The molecule has 2 rings (SSSR count). The van der Waals surface area contributed by atoms with E-state index in [0.717, 1.165) is 42.5 Å². The maximum atomic E-state index is 12.0. The van der Waals surface area contributed by atoms with Gasteiger partial charge in [0.1, 0.15) is 5.69 Å². The predicted octanol–water partition coefficient (Wildman–Crippen LogP) is 2.37. The molecule has 0 saturated carbocycles. The summed E-state index contributed by atoms with van der Waals surface area (Å²) in [6, 6.07) is 0. The number of carbonyl (C=O) groups excluding carboxylic acids is 2. The van der Waals surface area contributed by atoms with Crippen LogP contribution in [0.25, 0.3) is 0 Å². The second-order valence-electron chi connectivity index (χ2n) is 4.86. The van der Waals surface area contributed by atoms with E-state index >= 15 is 0 Å². The lowest BCUT2D eigenvalue weighted by Gasteiger charge is -2.09. The van der Waals surface area contributed by atoms with Crippen LogP contribution in [0.3, 0.4) is 0 Å². The highest BCUT2D eigenvalue weighted by molar-refractivity contribution is 6.04. The molecule has 4 nitrogen and oxygen atoms in total. The summed E-state index contributed by atoms with van der Waals surface area (Å²) in [5.41, 5.74) is 3.06. The molecule has 1 aliphatic rings. The molecule has 1 heterocycles. The van der Waals surface area contributed by atoms with Gasteiger partial charge in [0.25, 0.3) is 5.91 Å². The molecule has 1 amide bonds. The third-order valence-electron chi connectivity index (χ3n) is 3.48. The smallest absolute Gasteiger partial charge is 0.268 e. The highest BCUT2D eigenvalue weighted by Gasteiger charge is 2.25. The van der Waals surface area contributed by atoms with E-state index in [0.29, 0.717) is 18.7 Å². The standard InChI is InChI=1S/C14H20N2O2/c1-3-4-8-15-14(18)13-9(2)12-10(16-13)6-5-7-11(12)17/h16H,3-8H2,1-2H3,(H,15,18). The lowest BCUT2D eigenvalue weighted by atomic mass is 9.94. The molecule has 0 spiro atoms. The summed E-state index contributed by atoms with van der Waals surface area (Å²) < 4.78 is 0. The van der Waals surface area contributed by atoms with Gasteiger partial charge in [-0.2, -0.15) is 0 Å². The lowest BCUT2D eigenvalue weighted by Crippen LogP contribution is -2.25. The van der Waals surface area contributed by atoms with Crippen molar-refractivity contribution >= 4 is 11.7 Å². The van der Waals surface area contributed by atoms with Gasteiger partial charge >= 0.3 is 0 Å². The number of fused-ring (bicyclic) bond motifs is 1. The Morgan fingerprint density at radius 3 is 2.83 bits per heavy atom. The lowest BCUT2D eigenvalue weighted by molar-refractivity contribution is 0.0947. The van der Waals surface area contributed by atoms with Crippen molar-refractivity contribution in [2.45, 2.75) is 46.0 Å². The molecular formula is C14H20N2O2. The first-order valence-electron chi connectivity index (χ1n) is 6.68. The van der Waals surface area contributed by atoms with Crippen LogP contribution in [0.15, 0.2) is 0 Å². The Balaban J connectivity index is 2.19. The minimum Gasteiger partial charge on any atom is -0.354 e. The van der Waals surface area contributed by atoms with E-state index in [1.807, 2.05) is 6.92 Å². The fourth-order valence-corrected chi connectivity index (χ4v) is 2.47. The Morgan fingerprint density at radius 2 is 2.17 bits per heavy atom. The Hall–Kier alpha value is -1.58. The van der Waals surface area contributed by atoms with Gasteiger partial charge in [-0.1, -0.05) is 13.3 Å². The summed E-state index contributed by atoms with van der Waals surface area (Å²) in [5.74, 6) is 0.0701. The maximum Gasteiger partial charge on any atom is 0.268 e. The number of hydrogen-bond acceptors (Lipinski definition) is 2. The van der Waals surface area contributed by atoms with Gasteiger partial charge in [-0.25, -0.2) is 0 Å². The van der Waals surface area contributed by atoms with Crippen LogP contribution in [-0.2, 0) is 6.42 Å². The Morgan fingerprint density at radius 1 is 1.39 bits per heavy atom.